The first kappa shape index (κ1) is 12.9. The van der Waals surface area contributed by atoms with E-state index in [1.165, 1.54) is 32.1 Å². The molecule has 0 heterocycles. The Bertz CT molecular complexity index is 116. The molecule has 80 valence electrons. The van der Waals surface area contributed by atoms with Crippen molar-refractivity contribution in [3.8, 4) is 0 Å². The van der Waals surface area contributed by atoms with Crippen LogP contribution in [0.4, 0.5) is 0 Å². The number of nitrogens with two attached hydrogens (primary N) is 1. The van der Waals surface area contributed by atoms with Crippen LogP contribution in [0.25, 0.3) is 0 Å². The first-order valence-electron chi connectivity index (χ1n) is 5.55. The summed E-state index contributed by atoms with van der Waals surface area (Å²) in [6, 6.07) is 0. The summed E-state index contributed by atoms with van der Waals surface area (Å²) in [5, 5.41) is 0. The van der Waals surface area contributed by atoms with Gasteiger partial charge in [0, 0.05) is 6.42 Å². The highest BCUT2D eigenvalue weighted by Gasteiger charge is 2.17. The second-order valence-corrected chi connectivity index (χ2v) is 4.89. The van der Waals surface area contributed by atoms with E-state index in [1.807, 2.05) is 0 Å². The van der Waals surface area contributed by atoms with Crippen LogP contribution < -0.4 is 5.73 Å². The summed E-state index contributed by atoms with van der Waals surface area (Å²) in [6.45, 7) is 2.25. The van der Waals surface area contributed by atoms with Gasteiger partial charge in [-0.1, -0.05) is 32.6 Å². The maximum Gasteiger partial charge on any atom is 0.139 e. The molecule has 0 rings (SSSR count). The molecular formula is C11H27N2+. The molecule has 0 fully saturated rings. The van der Waals surface area contributed by atoms with E-state index in [0.29, 0.717) is 6.17 Å². The van der Waals surface area contributed by atoms with Crippen molar-refractivity contribution in [3.05, 3.63) is 0 Å². The zero-order valence-electron chi connectivity index (χ0n) is 9.84. The third kappa shape index (κ3) is 7.03. The third-order valence-electron chi connectivity index (χ3n) is 2.60. The van der Waals surface area contributed by atoms with E-state index in [-0.39, 0.29) is 0 Å². The number of quaternary nitrogens is 1. The molecule has 0 saturated carbocycles. The van der Waals surface area contributed by atoms with E-state index in [0.717, 1.165) is 10.9 Å². The number of unbranched alkanes of at least 4 members (excludes halogenated alkanes) is 4. The molecule has 0 saturated heterocycles. The molecule has 13 heavy (non-hydrogen) atoms. The lowest BCUT2D eigenvalue weighted by Crippen LogP contribution is -2.50. The van der Waals surface area contributed by atoms with Gasteiger partial charge in [0.05, 0.1) is 21.1 Å². The molecule has 0 spiro atoms. The predicted octanol–water partition coefficient (Wildman–Crippen LogP) is 2.34. The summed E-state index contributed by atoms with van der Waals surface area (Å²) in [6.07, 6.45) is 8.17. The Kier molecular flexibility index (Phi) is 6.35. The molecule has 0 amide bonds. The Morgan fingerprint density at radius 1 is 1.00 bits per heavy atom. The monoisotopic (exact) mass is 187 g/mol. The van der Waals surface area contributed by atoms with Crippen LogP contribution in [-0.2, 0) is 0 Å². The van der Waals surface area contributed by atoms with Gasteiger partial charge in [0.15, 0.2) is 0 Å². The quantitative estimate of drug-likeness (QED) is 0.369. The van der Waals surface area contributed by atoms with E-state index in [2.05, 4.69) is 28.1 Å². The molecule has 0 aromatic rings. The van der Waals surface area contributed by atoms with Gasteiger partial charge in [-0.25, -0.2) is 0 Å². The van der Waals surface area contributed by atoms with Gasteiger partial charge in [-0.2, -0.15) is 0 Å². The van der Waals surface area contributed by atoms with Crippen molar-refractivity contribution in [3.63, 3.8) is 0 Å². The largest absolute Gasteiger partial charge is 0.316 e. The molecule has 1 atom stereocenters. The van der Waals surface area contributed by atoms with Crippen LogP contribution in [0.5, 0.6) is 0 Å². The fourth-order valence-corrected chi connectivity index (χ4v) is 1.34. The fraction of sp³-hybridized carbons (Fsp3) is 1.00. The summed E-state index contributed by atoms with van der Waals surface area (Å²) in [7, 11) is 6.49. The fourth-order valence-electron chi connectivity index (χ4n) is 1.34. The second-order valence-electron chi connectivity index (χ2n) is 4.89. The highest BCUT2D eigenvalue weighted by atomic mass is 15.4. The molecule has 0 radical (unpaired) electrons. The molecule has 2 heteroatoms. The Balaban J connectivity index is 3.32. The van der Waals surface area contributed by atoms with Crippen molar-refractivity contribution in [2.45, 2.75) is 51.6 Å². The van der Waals surface area contributed by atoms with Crippen molar-refractivity contribution in [2.24, 2.45) is 5.73 Å². The zero-order chi connectivity index (χ0) is 10.3. The summed E-state index contributed by atoms with van der Waals surface area (Å²) in [4.78, 5) is 0. The van der Waals surface area contributed by atoms with Gasteiger partial charge >= 0.3 is 0 Å². The summed E-state index contributed by atoms with van der Waals surface area (Å²) >= 11 is 0. The van der Waals surface area contributed by atoms with Crippen molar-refractivity contribution >= 4 is 0 Å². The molecule has 0 bridgehead atoms. The van der Waals surface area contributed by atoms with Crippen LogP contribution in [0, 0.1) is 0 Å². The second kappa shape index (κ2) is 6.39. The summed E-state index contributed by atoms with van der Waals surface area (Å²) in [5.41, 5.74) is 6.04. The van der Waals surface area contributed by atoms with Crippen molar-refractivity contribution in [1.82, 2.24) is 0 Å². The smallest absolute Gasteiger partial charge is 0.139 e. The number of nitrogens with zero attached hydrogens (tertiary/aromatic N) is 1. The summed E-state index contributed by atoms with van der Waals surface area (Å²) < 4.78 is 0.883. The van der Waals surface area contributed by atoms with Gasteiger partial charge in [-0.15, -0.1) is 0 Å². The Morgan fingerprint density at radius 3 is 2.00 bits per heavy atom. The Labute approximate surface area is 83.7 Å². The van der Waals surface area contributed by atoms with Gasteiger partial charge in [0.2, 0.25) is 0 Å². The molecule has 2 N–H and O–H groups in total. The molecular weight excluding hydrogens is 160 g/mol. The van der Waals surface area contributed by atoms with Gasteiger partial charge in [-0.05, 0) is 6.42 Å². The van der Waals surface area contributed by atoms with Crippen LogP contribution in [0.1, 0.15) is 45.4 Å². The van der Waals surface area contributed by atoms with Crippen molar-refractivity contribution < 1.29 is 4.48 Å². The number of hydrogen-bond donors (Lipinski definition) is 1. The molecule has 0 aliphatic carbocycles. The predicted molar refractivity (Wildman–Crippen MR) is 59.4 cm³/mol. The van der Waals surface area contributed by atoms with E-state index in [9.17, 15) is 0 Å². The highest BCUT2D eigenvalue weighted by molar-refractivity contribution is 4.50. The van der Waals surface area contributed by atoms with Crippen LogP contribution in [-0.4, -0.2) is 31.8 Å². The molecule has 2 nitrogen and oxygen atoms in total. The first-order valence-corrected chi connectivity index (χ1v) is 5.55. The standard InChI is InChI=1S/C11H27N2/c1-5-6-7-8-9-10-11(12)13(2,3)4/h11H,5-10,12H2,1-4H3/q+1. The Hall–Kier alpha value is -0.0800. The van der Waals surface area contributed by atoms with Crippen LogP contribution in [0.2, 0.25) is 0 Å². The summed E-state index contributed by atoms with van der Waals surface area (Å²) in [5.74, 6) is 0. The topological polar surface area (TPSA) is 26.0 Å². The van der Waals surface area contributed by atoms with Crippen molar-refractivity contribution in [2.75, 3.05) is 21.1 Å². The lowest BCUT2D eigenvalue weighted by Gasteiger charge is -2.31. The van der Waals surface area contributed by atoms with E-state index in [4.69, 9.17) is 5.73 Å². The Morgan fingerprint density at radius 2 is 1.54 bits per heavy atom. The minimum Gasteiger partial charge on any atom is -0.316 e. The van der Waals surface area contributed by atoms with Gasteiger partial charge < -0.3 is 4.48 Å². The molecule has 1 unspecified atom stereocenters. The van der Waals surface area contributed by atoms with E-state index >= 15 is 0 Å². The average molecular weight is 187 g/mol. The van der Waals surface area contributed by atoms with Crippen molar-refractivity contribution in [1.29, 1.82) is 0 Å². The lowest BCUT2D eigenvalue weighted by atomic mass is 10.1. The van der Waals surface area contributed by atoms with Crippen LogP contribution in [0.3, 0.4) is 0 Å². The lowest BCUT2D eigenvalue weighted by molar-refractivity contribution is -0.896. The van der Waals surface area contributed by atoms with E-state index in [1.54, 1.807) is 0 Å². The molecule has 0 aliphatic rings. The maximum absolute atomic E-state index is 6.04. The van der Waals surface area contributed by atoms with Gasteiger partial charge in [0.25, 0.3) is 0 Å². The highest BCUT2D eigenvalue weighted by Crippen LogP contribution is 2.09. The third-order valence-corrected chi connectivity index (χ3v) is 2.60. The molecule has 0 aromatic heterocycles. The normalized spacial score (nSPS) is 14.5. The zero-order valence-corrected chi connectivity index (χ0v) is 9.84. The van der Waals surface area contributed by atoms with Crippen LogP contribution in [0.15, 0.2) is 0 Å². The SMILES string of the molecule is CCCCCCCC(N)[N+](C)(C)C. The van der Waals surface area contributed by atoms with Gasteiger partial charge in [0.1, 0.15) is 6.17 Å². The van der Waals surface area contributed by atoms with Gasteiger partial charge in [-0.3, -0.25) is 5.73 Å². The minimum absolute atomic E-state index is 0.307. The molecule has 0 aliphatic heterocycles. The van der Waals surface area contributed by atoms with E-state index < -0.39 is 0 Å². The molecule has 0 aromatic carbocycles. The number of hydrogen-bond acceptors (Lipinski definition) is 1. The first-order chi connectivity index (χ1) is 5.98. The maximum atomic E-state index is 6.04. The number of rotatable bonds is 7. The van der Waals surface area contributed by atoms with Crippen LogP contribution >= 0.6 is 0 Å². The average Bonchev–Trinajstić information content (AvgIpc) is 2.02. The minimum atomic E-state index is 0.307.